The molecule has 0 atom stereocenters. The number of halogens is 1. The van der Waals surface area contributed by atoms with Gasteiger partial charge in [-0.25, -0.2) is 0 Å². The Morgan fingerprint density at radius 2 is 1.47 bits per heavy atom. The summed E-state index contributed by atoms with van der Waals surface area (Å²) in [5.74, 6) is 0.0798. The highest BCUT2D eigenvalue weighted by Crippen LogP contribution is 2.26. The number of carbonyl (C=O) groups excluding carboxylic acids is 1. The first-order valence-electron chi connectivity index (χ1n) is 6.29. The Morgan fingerprint density at radius 1 is 0.842 bits per heavy atom. The van der Waals surface area contributed by atoms with E-state index in [1.54, 1.807) is 0 Å². The van der Waals surface area contributed by atoms with Gasteiger partial charge in [-0.3, -0.25) is 4.79 Å². The molecule has 0 amide bonds. The van der Waals surface area contributed by atoms with Crippen LogP contribution in [0.5, 0.6) is 0 Å². The second-order valence-corrected chi connectivity index (χ2v) is 5.81. The van der Waals surface area contributed by atoms with Gasteiger partial charge in [0.2, 0.25) is 0 Å². The Morgan fingerprint density at radius 3 is 2.16 bits per heavy atom. The van der Waals surface area contributed by atoms with Gasteiger partial charge in [0.25, 0.3) is 0 Å². The summed E-state index contributed by atoms with van der Waals surface area (Å²) < 4.78 is 0.887. The molecule has 98 valence electrons. The van der Waals surface area contributed by atoms with Gasteiger partial charge in [0, 0.05) is 15.6 Å². The van der Waals surface area contributed by atoms with Crippen LogP contribution in [0.4, 0.5) is 0 Å². The number of aryl methyl sites for hydroxylation is 4. The molecule has 0 aliphatic heterocycles. The van der Waals surface area contributed by atoms with E-state index in [1.807, 2.05) is 45.0 Å². The molecular weight excluding hydrogens is 300 g/mol. The van der Waals surface area contributed by atoms with Crippen molar-refractivity contribution in [2.24, 2.45) is 0 Å². The second-order valence-electron chi connectivity index (χ2n) is 5.02. The van der Waals surface area contributed by atoms with Gasteiger partial charge in [-0.15, -0.1) is 0 Å². The van der Waals surface area contributed by atoms with E-state index < -0.39 is 0 Å². The van der Waals surface area contributed by atoms with E-state index in [1.165, 1.54) is 5.56 Å². The first-order valence-corrected chi connectivity index (χ1v) is 7.08. The lowest BCUT2D eigenvalue weighted by Gasteiger charge is -2.11. The average molecular weight is 317 g/mol. The Bertz CT molecular complexity index is 657. The third-order valence-corrected chi connectivity index (χ3v) is 4.57. The summed E-state index contributed by atoms with van der Waals surface area (Å²) in [5.41, 5.74) is 5.99. The molecule has 0 N–H and O–H groups in total. The first-order chi connectivity index (χ1) is 8.91. The molecule has 0 spiro atoms. The number of benzene rings is 2. The molecule has 2 aromatic carbocycles. The summed E-state index contributed by atoms with van der Waals surface area (Å²) >= 11 is 3.51. The van der Waals surface area contributed by atoms with Gasteiger partial charge >= 0.3 is 0 Å². The standard InChI is InChI=1S/C17H17BrO/c1-10-6-5-7-14(16(10)18)17(19)15-9-12(3)11(2)8-13(15)4/h5-9H,1-4H3. The fraction of sp³-hybridized carbons (Fsp3) is 0.235. The lowest BCUT2D eigenvalue weighted by Crippen LogP contribution is -2.06. The molecule has 0 radical (unpaired) electrons. The van der Waals surface area contributed by atoms with Crippen molar-refractivity contribution in [2.45, 2.75) is 27.7 Å². The van der Waals surface area contributed by atoms with Gasteiger partial charge in [-0.05, 0) is 78.0 Å². The van der Waals surface area contributed by atoms with Gasteiger partial charge in [0.15, 0.2) is 5.78 Å². The third-order valence-electron chi connectivity index (χ3n) is 3.52. The quantitative estimate of drug-likeness (QED) is 0.719. The van der Waals surface area contributed by atoms with E-state index >= 15 is 0 Å². The predicted molar refractivity (Wildman–Crippen MR) is 83.0 cm³/mol. The van der Waals surface area contributed by atoms with Crippen molar-refractivity contribution in [3.05, 3.63) is 68.2 Å². The molecule has 0 aliphatic carbocycles. The zero-order valence-electron chi connectivity index (χ0n) is 11.7. The summed E-state index contributed by atoms with van der Waals surface area (Å²) in [6.07, 6.45) is 0. The second kappa shape index (κ2) is 5.30. The van der Waals surface area contributed by atoms with E-state index in [0.717, 1.165) is 32.3 Å². The van der Waals surface area contributed by atoms with E-state index in [0.29, 0.717) is 0 Å². The molecule has 0 saturated carbocycles. The normalized spacial score (nSPS) is 10.6. The lowest BCUT2D eigenvalue weighted by atomic mass is 9.94. The van der Waals surface area contributed by atoms with Crippen LogP contribution in [0, 0.1) is 27.7 Å². The molecule has 1 nitrogen and oxygen atoms in total. The number of rotatable bonds is 2. The van der Waals surface area contributed by atoms with Gasteiger partial charge in [-0.2, -0.15) is 0 Å². The molecule has 0 bridgehead atoms. The van der Waals surface area contributed by atoms with Gasteiger partial charge in [-0.1, -0.05) is 18.2 Å². The van der Waals surface area contributed by atoms with Crippen LogP contribution < -0.4 is 0 Å². The minimum atomic E-state index is 0.0798. The minimum absolute atomic E-state index is 0.0798. The SMILES string of the molecule is Cc1cc(C)c(C(=O)c2cccc(C)c2Br)cc1C. The van der Waals surface area contributed by atoms with Crippen molar-refractivity contribution >= 4 is 21.7 Å². The predicted octanol–water partition coefficient (Wildman–Crippen LogP) is 4.91. The maximum atomic E-state index is 12.7. The summed E-state index contributed by atoms with van der Waals surface area (Å²) in [6, 6.07) is 9.85. The van der Waals surface area contributed by atoms with E-state index in [4.69, 9.17) is 0 Å². The topological polar surface area (TPSA) is 17.1 Å². The molecule has 0 fully saturated rings. The van der Waals surface area contributed by atoms with Crippen molar-refractivity contribution in [3.63, 3.8) is 0 Å². The molecule has 0 saturated heterocycles. The number of hydrogen-bond acceptors (Lipinski definition) is 1. The average Bonchev–Trinajstić information content (AvgIpc) is 2.36. The van der Waals surface area contributed by atoms with Crippen molar-refractivity contribution in [1.29, 1.82) is 0 Å². The Labute approximate surface area is 122 Å². The molecule has 2 aromatic rings. The smallest absolute Gasteiger partial charge is 0.194 e. The van der Waals surface area contributed by atoms with Gasteiger partial charge in [0.1, 0.15) is 0 Å². The largest absolute Gasteiger partial charge is 0.289 e. The van der Waals surface area contributed by atoms with Crippen molar-refractivity contribution in [3.8, 4) is 0 Å². The molecule has 0 unspecified atom stereocenters. The number of ketones is 1. The van der Waals surface area contributed by atoms with Crippen LogP contribution in [0.1, 0.15) is 38.2 Å². The van der Waals surface area contributed by atoms with Crippen molar-refractivity contribution in [1.82, 2.24) is 0 Å². The van der Waals surface area contributed by atoms with Crippen LogP contribution in [-0.2, 0) is 0 Å². The molecule has 0 heterocycles. The van der Waals surface area contributed by atoms with E-state index in [-0.39, 0.29) is 5.78 Å². The molecule has 0 aromatic heterocycles. The Kier molecular flexibility index (Phi) is 3.91. The lowest BCUT2D eigenvalue weighted by molar-refractivity contribution is 0.103. The Balaban J connectivity index is 2.56. The van der Waals surface area contributed by atoms with Crippen LogP contribution in [0.25, 0.3) is 0 Å². The van der Waals surface area contributed by atoms with Crippen LogP contribution in [-0.4, -0.2) is 5.78 Å². The van der Waals surface area contributed by atoms with Crippen LogP contribution in [0.15, 0.2) is 34.8 Å². The monoisotopic (exact) mass is 316 g/mol. The minimum Gasteiger partial charge on any atom is -0.289 e. The van der Waals surface area contributed by atoms with E-state index in [9.17, 15) is 4.79 Å². The van der Waals surface area contributed by atoms with Crippen molar-refractivity contribution in [2.75, 3.05) is 0 Å². The maximum absolute atomic E-state index is 12.7. The summed E-state index contributed by atoms with van der Waals surface area (Å²) in [6.45, 7) is 8.09. The summed E-state index contributed by atoms with van der Waals surface area (Å²) in [4.78, 5) is 12.7. The Hall–Kier alpha value is -1.41. The fourth-order valence-corrected chi connectivity index (χ4v) is 2.62. The molecule has 19 heavy (non-hydrogen) atoms. The fourth-order valence-electron chi connectivity index (χ4n) is 2.17. The van der Waals surface area contributed by atoms with Crippen LogP contribution in [0.2, 0.25) is 0 Å². The highest BCUT2D eigenvalue weighted by atomic mass is 79.9. The third kappa shape index (κ3) is 2.64. The van der Waals surface area contributed by atoms with Gasteiger partial charge in [0.05, 0.1) is 0 Å². The first kappa shape index (κ1) is 14.0. The highest BCUT2D eigenvalue weighted by Gasteiger charge is 2.16. The summed E-state index contributed by atoms with van der Waals surface area (Å²) in [5, 5.41) is 0. The molecule has 0 aliphatic rings. The molecular formula is C17H17BrO. The zero-order chi connectivity index (χ0) is 14.2. The highest BCUT2D eigenvalue weighted by molar-refractivity contribution is 9.10. The number of hydrogen-bond donors (Lipinski definition) is 0. The molecule has 2 rings (SSSR count). The van der Waals surface area contributed by atoms with Crippen LogP contribution >= 0.6 is 15.9 Å². The van der Waals surface area contributed by atoms with E-state index in [2.05, 4.69) is 28.9 Å². The zero-order valence-corrected chi connectivity index (χ0v) is 13.3. The van der Waals surface area contributed by atoms with Gasteiger partial charge < -0.3 is 0 Å². The molecule has 2 heteroatoms. The number of carbonyl (C=O) groups is 1. The summed E-state index contributed by atoms with van der Waals surface area (Å²) in [7, 11) is 0. The van der Waals surface area contributed by atoms with Crippen molar-refractivity contribution < 1.29 is 4.79 Å². The maximum Gasteiger partial charge on any atom is 0.194 e. The van der Waals surface area contributed by atoms with Crippen LogP contribution in [0.3, 0.4) is 0 Å².